The molecule has 2 aliphatic rings. The Labute approximate surface area is 208 Å². The van der Waals surface area contributed by atoms with Crippen LogP contribution < -0.4 is 10.2 Å². The van der Waals surface area contributed by atoms with Gasteiger partial charge in [0.2, 0.25) is 0 Å². The molecule has 0 saturated carbocycles. The number of nitrogens with one attached hydrogen (secondary N) is 1. The molecule has 0 bridgehead atoms. The van der Waals surface area contributed by atoms with Gasteiger partial charge in [0.25, 0.3) is 11.8 Å². The van der Waals surface area contributed by atoms with Crippen molar-refractivity contribution in [2.45, 2.75) is 45.6 Å². The highest BCUT2D eigenvalue weighted by molar-refractivity contribution is 6.04. The summed E-state index contributed by atoms with van der Waals surface area (Å²) in [6.07, 6.45) is 3.15. The maximum atomic E-state index is 13.7. The molecule has 1 saturated heterocycles. The van der Waals surface area contributed by atoms with Gasteiger partial charge in [-0.05, 0) is 55.2 Å². The van der Waals surface area contributed by atoms with E-state index in [4.69, 9.17) is 4.74 Å². The van der Waals surface area contributed by atoms with Gasteiger partial charge in [-0.3, -0.25) is 9.78 Å². The highest BCUT2D eigenvalue weighted by Crippen LogP contribution is 2.38. The minimum absolute atomic E-state index is 0.112. The molecule has 1 fully saturated rings. The lowest BCUT2D eigenvalue weighted by molar-refractivity contribution is 0.0127. The van der Waals surface area contributed by atoms with Crippen molar-refractivity contribution in [2.24, 2.45) is 5.92 Å². The molecule has 1 N–H and O–H groups in total. The van der Waals surface area contributed by atoms with Gasteiger partial charge in [0, 0.05) is 36.5 Å². The smallest absolute Gasteiger partial charge is 0.286 e. The van der Waals surface area contributed by atoms with Crippen LogP contribution in [0.25, 0.3) is 11.3 Å². The van der Waals surface area contributed by atoms with E-state index in [9.17, 15) is 13.6 Å². The average molecular weight is 494 g/mol. The van der Waals surface area contributed by atoms with Crippen LogP contribution in [-0.4, -0.2) is 46.9 Å². The maximum absolute atomic E-state index is 13.7. The second-order valence-electron chi connectivity index (χ2n) is 9.57. The predicted octanol–water partition coefficient (Wildman–Crippen LogP) is 5.00. The van der Waals surface area contributed by atoms with Crippen LogP contribution in [0.2, 0.25) is 0 Å². The van der Waals surface area contributed by atoms with Crippen molar-refractivity contribution in [1.82, 2.24) is 15.2 Å². The summed E-state index contributed by atoms with van der Waals surface area (Å²) in [4.78, 5) is 18.9. The summed E-state index contributed by atoms with van der Waals surface area (Å²) in [6.45, 7) is 7.16. The molecule has 0 aliphatic carbocycles. The highest BCUT2D eigenvalue weighted by Gasteiger charge is 2.36. The summed E-state index contributed by atoms with van der Waals surface area (Å²) in [6, 6.07) is 10.5. The fourth-order valence-corrected chi connectivity index (χ4v) is 5.04. The van der Waals surface area contributed by atoms with Crippen LogP contribution in [-0.2, 0) is 17.1 Å². The number of aryl methyl sites for hydroxylation is 1. The number of halogens is 2. The molecule has 2 aliphatic heterocycles. The van der Waals surface area contributed by atoms with E-state index in [0.29, 0.717) is 24.3 Å². The van der Waals surface area contributed by atoms with Crippen molar-refractivity contribution in [3.8, 4) is 11.3 Å². The minimum atomic E-state index is -3.13. The van der Waals surface area contributed by atoms with E-state index in [0.717, 1.165) is 67.2 Å². The number of aromatic nitrogens is 3. The minimum Gasteiger partial charge on any atom is -0.377 e. The number of nitrogens with zero attached hydrogens (tertiary/aromatic N) is 4. The molecule has 2 atom stereocenters. The van der Waals surface area contributed by atoms with Crippen LogP contribution in [0.3, 0.4) is 0 Å². The van der Waals surface area contributed by atoms with Crippen LogP contribution in [0.1, 0.15) is 47.6 Å². The van der Waals surface area contributed by atoms with Crippen LogP contribution >= 0.6 is 0 Å². The first-order chi connectivity index (χ1) is 17.2. The van der Waals surface area contributed by atoms with E-state index >= 15 is 0 Å². The molecule has 36 heavy (non-hydrogen) atoms. The molecule has 188 valence electrons. The third kappa shape index (κ3) is 4.67. The fraction of sp³-hybridized carbons (Fsp3) is 0.407. The Morgan fingerprint density at radius 3 is 2.83 bits per heavy atom. The van der Waals surface area contributed by atoms with Gasteiger partial charge >= 0.3 is 0 Å². The van der Waals surface area contributed by atoms with E-state index in [1.807, 2.05) is 19.1 Å². The number of benzene rings is 1. The molecule has 0 spiro atoms. The molecule has 0 radical (unpaired) electrons. The van der Waals surface area contributed by atoms with Gasteiger partial charge in [0.1, 0.15) is 5.69 Å². The zero-order valence-electron chi connectivity index (χ0n) is 20.6. The molecule has 3 aromatic rings. The van der Waals surface area contributed by atoms with E-state index in [1.54, 1.807) is 6.07 Å². The van der Waals surface area contributed by atoms with E-state index in [-0.39, 0.29) is 5.56 Å². The largest absolute Gasteiger partial charge is 0.377 e. The van der Waals surface area contributed by atoms with Gasteiger partial charge < -0.3 is 15.0 Å². The van der Waals surface area contributed by atoms with Crippen molar-refractivity contribution in [3.63, 3.8) is 0 Å². The number of alkyl halides is 2. The first-order valence-corrected chi connectivity index (χ1v) is 12.2. The lowest BCUT2D eigenvalue weighted by atomic mass is 9.85. The van der Waals surface area contributed by atoms with Crippen molar-refractivity contribution >= 4 is 17.3 Å². The number of amides is 1. The molecule has 4 heterocycles. The molecule has 5 rings (SSSR count). The number of hydrogen-bond acceptors (Lipinski definition) is 6. The Hall–Kier alpha value is -3.46. The number of pyridine rings is 1. The van der Waals surface area contributed by atoms with Gasteiger partial charge in [-0.25, -0.2) is 0 Å². The molecular weight excluding hydrogens is 464 g/mol. The molecule has 9 heteroatoms. The number of anilines is 2. The Bertz CT molecular complexity index is 1290. The van der Waals surface area contributed by atoms with Crippen LogP contribution in [0.4, 0.5) is 20.2 Å². The summed E-state index contributed by atoms with van der Waals surface area (Å²) in [5, 5.41) is 11.9. The first-order valence-electron chi connectivity index (χ1n) is 12.2. The molecule has 2 aromatic heterocycles. The molecule has 1 aromatic carbocycles. The second-order valence-corrected chi connectivity index (χ2v) is 9.57. The summed E-state index contributed by atoms with van der Waals surface area (Å²) in [5.41, 5.74) is 4.86. The van der Waals surface area contributed by atoms with Crippen molar-refractivity contribution in [3.05, 3.63) is 65.1 Å². The van der Waals surface area contributed by atoms with Gasteiger partial charge in [-0.15, -0.1) is 0 Å². The summed E-state index contributed by atoms with van der Waals surface area (Å²) >= 11 is 0. The molecular formula is C27H29F2N5O2. The quantitative estimate of drug-likeness (QED) is 0.539. The lowest BCUT2D eigenvalue weighted by Gasteiger charge is -2.45. The zero-order chi connectivity index (χ0) is 25.4. The third-order valence-corrected chi connectivity index (χ3v) is 7.09. The number of fused-ring (bicyclic) bond motifs is 3. The zero-order valence-corrected chi connectivity index (χ0v) is 20.6. The summed E-state index contributed by atoms with van der Waals surface area (Å²) < 4.78 is 33.1. The van der Waals surface area contributed by atoms with E-state index in [1.165, 1.54) is 12.3 Å². The van der Waals surface area contributed by atoms with Gasteiger partial charge in [0.15, 0.2) is 0 Å². The van der Waals surface area contributed by atoms with Crippen molar-refractivity contribution in [1.29, 1.82) is 0 Å². The Morgan fingerprint density at radius 1 is 1.22 bits per heavy atom. The van der Waals surface area contributed by atoms with Crippen molar-refractivity contribution < 1.29 is 18.3 Å². The van der Waals surface area contributed by atoms with Gasteiger partial charge in [-0.2, -0.15) is 19.0 Å². The standard InChI is InChI=1S/C27H29F2N5O2/c1-4-17-11-22-23(34-9-10-36-15-24(17)34)14-21(32-33-22)20-13-19(6-5-16(20)2)31-26(35)18-7-8-30-25(12-18)27(3,28)29/h5-8,12-14,17,24H,4,9-11,15H2,1-3H3,(H,31,35)/t17-,24-/m1/s1. The number of carbonyl (C=O) groups excluding carboxylic acids is 1. The fourth-order valence-electron chi connectivity index (χ4n) is 5.04. The van der Waals surface area contributed by atoms with Crippen LogP contribution in [0.5, 0.6) is 0 Å². The molecule has 0 unspecified atom stereocenters. The number of morpholine rings is 1. The number of rotatable bonds is 5. The van der Waals surface area contributed by atoms with Gasteiger partial charge in [0.05, 0.1) is 36.3 Å². The normalized spacial score (nSPS) is 19.4. The summed E-state index contributed by atoms with van der Waals surface area (Å²) in [5.74, 6) is -3.13. The van der Waals surface area contributed by atoms with E-state index < -0.39 is 17.5 Å². The van der Waals surface area contributed by atoms with E-state index in [2.05, 4.69) is 38.4 Å². The Morgan fingerprint density at radius 2 is 2.06 bits per heavy atom. The van der Waals surface area contributed by atoms with Crippen LogP contribution in [0.15, 0.2) is 42.6 Å². The maximum Gasteiger partial charge on any atom is 0.286 e. The average Bonchev–Trinajstić information content (AvgIpc) is 2.88. The Kier molecular flexibility index (Phi) is 6.42. The third-order valence-electron chi connectivity index (χ3n) is 7.09. The highest BCUT2D eigenvalue weighted by atomic mass is 19.3. The Balaban J connectivity index is 1.43. The van der Waals surface area contributed by atoms with Gasteiger partial charge in [-0.1, -0.05) is 19.4 Å². The monoisotopic (exact) mass is 493 g/mol. The predicted molar refractivity (Wildman–Crippen MR) is 133 cm³/mol. The molecule has 7 nitrogen and oxygen atoms in total. The topological polar surface area (TPSA) is 80.2 Å². The number of carbonyl (C=O) groups is 1. The second kappa shape index (κ2) is 9.54. The lowest BCUT2D eigenvalue weighted by Crippen LogP contribution is -2.53. The van der Waals surface area contributed by atoms with Crippen LogP contribution in [0, 0.1) is 12.8 Å². The number of hydrogen-bond donors (Lipinski definition) is 1. The number of ether oxygens (including phenoxy) is 1. The first kappa shape index (κ1) is 24.2. The van der Waals surface area contributed by atoms with Crippen molar-refractivity contribution in [2.75, 3.05) is 30.0 Å². The summed E-state index contributed by atoms with van der Waals surface area (Å²) in [7, 11) is 0. The SMILES string of the molecule is CC[C@@H]1Cc2nnc(-c3cc(NC(=O)c4ccnc(C(C)(F)F)c4)ccc3C)cc2N2CCOC[C@H]12. The molecule has 1 amide bonds.